The number of anilines is 3. The maximum absolute atomic E-state index is 13.2. The summed E-state index contributed by atoms with van der Waals surface area (Å²) in [5.41, 5.74) is 2.64. The quantitative estimate of drug-likeness (QED) is 0.589. The predicted molar refractivity (Wildman–Crippen MR) is 120 cm³/mol. The zero-order valence-electron chi connectivity index (χ0n) is 16.0. The molecule has 6 nitrogen and oxygen atoms in total. The zero-order valence-corrected chi connectivity index (χ0v) is 17.6. The van der Waals surface area contributed by atoms with Crippen LogP contribution in [-0.4, -0.2) is 21.0 Å². The van der Waals surface area contributed by atoms with Gasteiger partial charge in [0, 0.05) is 22.9 Å². The highest BCUT2D eigenvalue weighted by Gasteiger charge is 2.29. The zero-order chi connectivity index (χ0) is 21.1. The molecule has 30 heavy (non-hydrogen) atoms. The first-order chi connectivity index (χ1) is 14.4. The monoisotopic (exact) mass is 441 g/mol. The van der Waals surface area contributed by atoms with Crippen molar-refractivity contribution in [2.45, 2.75) is 17.7 Å². The second-order valence-electron chi connectivity index (χ2n) is 6.92. The summed E-state index contributed by atoms with van der Waals surface area (Å²) < 4.78 is 27.8. The molecule has 154 valence electrons. The fourth-order valence-corrected chi connectivity index (χ4v) is 5.09. The van der Waals surface area contributed by atoms with E-state index >= 15 is 0 Å². The van der Waals surface area contributed by atoms with E-state index in [1.54, 1.807) is 66.7 Å². The molecular formula is C22H20ClN3O3S. The van der Waals surface area contributed by atoms with Crippen LogP contribution in [-0.2, 0) is 16.4 Å². The first-order valence-electron chi connectivity index (χ1n) is 9.48. The number of hydrogen-bond acceptors (Lipinski definition) is 3. The molecule has 0 spiro atoms. The lowest BCUT2D eigenvalue weighted by Crippen LogP contribution is -2.35. The molecule has 3 aromatic carbocycles. The van der Waals surface area contributed by atoms with Gasteiger partial charge in [-0.15, -0.1) is 0 Å². The number of amides is 2. The highest BCUT2D eigenvalue weighted by molar-refractivity contribution is 7.92. The molecule has 0 saturated carbocycles. The van der Waals surface area contributed by atoms with Gasteiger partial charge in [0.25, 0.3) is 10.0 Å². The minimum Gasteiger partial charge on any atom is -0.308 e. The Hall–Kier alpha value is -3.03. The second kappa shape index (κ2) is 8.38. The molecule has 1 heterocycles. The molecule has 1 aliphatic rings. The van der Waals surface area contributed by atoms with E-state index in [1.165, 1.54) is 4.31 Å². The van der Waals surface area contributed by atoms with E-state index < -0.39 is 16.1 Å². The highest BCUT2D eigenvalue weighted by Crippen LogP contribution is 2.34. The van der Waals surface area contributed by atoms with Crippen molar-refractivity contribution < 1.29 is 13.2 Å². The molecule has 2 amide bonds. The minimum absolute atomic E-state index is 0.247. The summed E-state index contributed by atoms with van der Waals surface area (Å²) in [4.78, 5) is 12.6. The molecule has 0 atom stereocenters. The molecule has 8 heteroatoms. The van der Waals surface area contributed by atoms with Crippen LogP contribution in [0, 0.1) is 0 Å². The number of nitrogens with zero attached hydrogens (tertiary/aromatic N) is 1. The van der Waals surface area contributed by atoms with Crippen LogP contribution in [0.3, 0.4) is 0 Å². The molecule has 2 N–H and O–H groups in total. The van der Waals surface area contributed by atoms with Gasteiger partial charge in [0.15, 0.2) is 0 Å². The third-order valence-electron chi connectivity index (χ3n) is 4.85. The van der Waals surface area contributed by atoms with Crippen molar-refractivity contribution in [2.24, 2.45) is 0 Å². The number of fused-ring (bicyclic) bond motifs is 1. The van der Waals surface area contributed by atoms with Crippen LogP contribution in [0.4, 0.5) is 21.9 Å². The number of urea groups is 1. The van der Waals surface area contributed by atoms with Gasteiger partial charge >= 0.3 is 6.03 Å². The molecule has 0 saturated heterocycles. The van der Waals surface area contributed by atoms with Crippen LogP contribution in [0.15, 0.2) is 77.7 Å². The second-order valence-corrected chi connectivity index (χ2v) is 9.22. The van der Waals surface area contributed by atoms with E-state index in [0.717, 1.165) is 18.4 Å². The number of aryl methyl sites for hydroxylation is 1. The van der Waals surface area contributed by atoms with E-state index in [0.29, 0.717) is 28.6 Å². The average Bonchev–Trinajstić information content (AvgIpc) is 2.75. The normalized spacial score (nSPS) is 13.4. The van der Waals surface area contributed by atoms with Crippen LogP contribution < -0.4 is 14.9 Å². The van der Waals surface area contributed by atoms with Gasteiger partial charge in [0.1, 0.15) is 0 Å². The van der Waals surface area contributed by atoms with Crippen molar-refractivity contribution in [3.05, 3.63) is 83.4 Å². The van der Waals surface area contributed by atoms with Gasteiger partial charge in [0.05, 0.1) is 10.6 Å². The topological polar surface area (TPSA) is 78.5 Å². The lowest BCUT2D eigenvalue weighted by Gasteiger charge is -2.31. The first kappa shape index (κ1) is 20.3. The van der Waals surface area contributed by atoms with Crippen LogP contribution in [0.1, 0.15) is 12.0 Å². The maximum Gasteiger partial charge on any atom is 0.323 e. The van der Waals surface area contributed by atoms with Crippen molar-refractivity contribution in [1.29, 1.82) is 0 Å². The Morgan fingerprint density at radius 3 is 2.30 bits per heavy atom. The van der Waals surface area contributed by atoms with E-state index in [2.05, 4.69) is 10.6 Å². The third kappa shape index (κ3) is 4.27. The first-order valence-corrected chi connectivity index (χ1v) is 11.3. The lowest BCUT2D eigenvalue weighted by atomic mass is 10.0. The summed E-state index contributed by atoms with van der Waals surface area (Å²) in [5.74, 6) is 0. The average molecular weight is 442 g/mol. The van der Waals surface area contributed by atoms with Gasteiger partial charge < -0.3 is 10.6 Å². The van der Waals surface area contributed by atoms with Gasteiger partial charge in [-0.25, -0.2) is 13.2 Å². The van der Waals surface area contributed by atoms with E-state index in [9.17, 15) is 13.2 Å². The standard InChI is InChI=1S/C22H20ClN3O3S/c23-17-9-12-18(13-10-17)24-22(27)25-19-11-8-16-5-4-14-26(21(16)15-19)30(28,29)20-6-2-1-3-7-20/h1-3,6-13,15H,4-5,14H2,(H2,24,25,27). The van der Waals surface area contributed by atoms with E-state index in [4.69, 9.17) is 11.6 Å². The van der Waals surface area contributed by atoms with Crippen molar-refractivity contribution in [3.63, 3.8) is 0 Å². The summed E-state index contributed by atoms with van der Waals surface area (Å²) in [6.45, 7) is 0.394. The largest absolute Gasteiger partial charge is 0.323 e. The lowest BCUT2D eigenvalue weighted by molar-refractivity contribution is 0.262. The van der Waals surface area contributed by atoms with Crippen LogP contribution in [0.2, 0.25) is 5.02 Å². The minimum atomic E-state index is -3.68. The number of sulfonamides is 1. The Balaban J connectivity index is 1.58. The van der Waals surface area contributed by atoms with Gasteiger partial charge in [-0.3, -0.25) is 4.31 Å². The summed E-state index contributed by atoms with van der Waals surface area (Å²) in [6.07, 6.45) is 1.52. The molecule has 4 rings (SSSR count). The summed E-state index contributed by atoms with van der Waals surface area (Å²) >= 11 is 5.86. The number of rotatable bonds is 4. The van der Waals surface area contributed by atoms with E-state index in [-0.39, 0.29) is 4.90 Å². The fraction of sp³-hybridized carbons (Fsp3) is 0.136. The Morgan fingerprint density at radius 1 is 0.900 bits per heavy atom. The summed E-state index contributed by atoms with van der Waals surface area (Å²) in [7, 11) is -3.68. The van der Waals surface area contributed by atoms with Crippen LogP contribution in [0.25, 0.3) is 0 Å². The molecule has 3 aromatic rings. The molecule has 0 radical (unpaired) electrons. The Labute approximate surface area is 180 Å². The SMILES string of the molecule is O=C(Nc1ccc(Cl)cc1)Nc1ccc2c(c1)N(S(=O)(=O)c1ccccc1)CCC2. The van der Waals surface area contributed by atoms with Crippen molar-refractivity contribution >= 4 is 44.7 Å². The van der Waals surface area contributed by atoms with Crippen molar-refractivity contribution in [3.8, 4) is 0 Å². The molecule has 0 fully saturated rings. The van der Waals surface area contributed by atoms with Gasteiger partial charge in [-0.2, -0.15) is 0 Å². The summed E-state index contributed by atoms with van der Waals surface area (Å²) in [5, 5.41) is 6.07. The molecule has 0 aromatic heterocycles. The number of nitrogens with one attached hydrogen (secondary N) is 2. The molecule has 0 unspecified atom stereocenters. The number of halogens is 1. The molecule has 1 aliphatic heterocycles. The van der Waals surface area contributed by atoms with Crippen LogP contribution >= 0.6 is 11.6 Å². The van der Waals surface area contributed by atoms with Crippen LogP contribution in [0.5, 0.6) is 0 Å². The summed E-state index contributed by atoms with van der Waals surface area (Å²) in [6, 6.07) is 20.0. The third-order valence-corrected chi connectivity index (χ3v) is 6.93. The number of hydrogen-bond donors (Lipinski definition) is 2. The van der Waals surface area contributed by atoms with E-state index in [1.807, 2.05) is 6.07 Å². The molecular weight excluding hydrogens is 422 g/mol. The maximum atomic E-state index is 13.2. The van der Waals surface area contributed by atoms with Crippen molar-refractivity contribution in [2.75, 3.05) is 21.5 Å². The Kier molecular flexibility index (Phi) is 5.65. The number of carbonyl (C=O) groups excluding carboxylic acids is 1. The number of carbonyl (C=O) groups is 1. The number of benzene rings is 3. The van der Waals surface area contributed by atoms with Gasteiger partial charge in [-0.1, -0.05) is 35.9 Å². The smallest absolute Gasteiger partial charge is 0.308 e. The van der Waals surface area contributed by atoms with Crippen molar-refractivity contribution in [1.82, 2.24) is 0 Å². The molecule has 0 bridgehead atoms. The Bertz CT molecular complexity index is 1170. The molecule has 0 aliphatic carbocycles. The Morgan fingerprint density at radius 2 is 1.57 bits per heavy atom. The fourth-order valence-electron chi connectivity index (χ4n) is 3.41. The predicted octanol–water partition coefficient (Wildman–Crippen LogP) is 5.13. The van der Waals surface area contributed by atoms with Gasteiger partial charge in [0.2, 0.25) is 0 Å². The highest BCUT2D eigenvalue weighted by atomic mass is 35.5. The van der Waals surface area contributed by atoms with Gasteiger partial charge in [-0.05, 0) is 66.9 Å².